The van der Waals surface area contributed by atoms with Crippen molar-refractivity contribution in [2.45, 2.75) is 32.3 Å². The zero-order valence-electron chi connectivity index (χ0n) is 10.8. The van der Waals surface area contributed by atoms with Gasteiger partial charge in [0.25, 0.3) is 0 Å². The first-order chi connectivity index (χ1) is 8.78. The first-order valence-electron chi connectivity index (χ1n) is 6.52. The first-order valence-corrected chi connectivity index (χ1v) is 6.52. The minimum absolute atomic E-state index is 0.283. The van der Waals surface area contributed by atoms with Gasteiger partial charge >= 0.3 is 0 Å². The van der Waals surface area contributed by atoms with E-state index in [9.17, 15) is 0 Å². The van der Waals surface area contributed by atoms with Gasteiger partial charge in [-0.1, -0.05) is 6.92 Å². The monoisotopic (exact) mass is 251 g/mol. The largest absolute Gasteiger partial charge is 0.376 e. The summed E-state index contributed by atoms with van der Waals surface area (Å²) in [5.74, 6) is 1.79. The molecule has 6 heteroatoms. The van der Waals surface area contributed by atoms with Gasteiger partial charge in [-0.3, -0.25) is 0 Å². The van der Waals surface area contributed by atoms with Crippen molar-refractivity contribution in [3.8, 4) is 0 Å². The Morgan fingerprint density at radius 1 is 1.39 bits per heavy atom. The molecule has 18 heavy (non-hydrogen) atoms. The van der Waals surface area contributed by atoms with E-state index in [2.05, 4.69) is 27.5 Å². The Hall–Kier alpha value is -1.56. The Labute approximate surface area is 107 Å². The number of hydrogen-bond donors (Lipinski definition) is 3. The second kappa shape index (κ2) is 6.39. The molecule has 1 fully saturated rings. The standard InChI is InChI=1S/C12H21N5O/c1-2-5-14-10-7-11(17-12(13)16-10)15-8-9-4-3-6-18-9/h7,9H,2-6,8H2,1H3,(H4,13,14,15,16,17). The van der Waals surface area contributed by atoms with E-state index >= 15 is 0 Å². The van der Waals surface area contributed by atoms with Crippen molar-refractivity contribution >= 4 is 17.6 Å². The van der Waals surface area contributed by atoms with E-state index < -0.39 is 0 Å². The normalized spacial score (nSPS) is 18.8. The molecule has 0 spiro atoms. The SMILES string of the molecule is CCCNc1cc(NCC2CCCO2)nc(N)n1. The van der Waals surface area contributed by atoms with Crippen LogP contribution in [0.15, 0.2) is 6.07 Å². The van der Waals surface area contributed by atoms with Crippen molar-refractivity contribution < 1.29 is 4.74 Å². The number of nitrogens with two attached hydrogens (primary N) is 1. The van der Waals surface area contributed by atoms with E-state index in [0.29, 0.717) is 0 Å². The van der Waals surface area contributed by atoms with Crippen molar-refractivity contribution in [2.24, 2.45) is 0 Å². The molecule has 2 heterocycles. The number of anilines is 3. The van der Waals surface area contributed by atoms with Gasteiger partial charge in [-0.05, 0) is 19.3 Å². The Bertz CT molecular complexity index is 379. The Morgan fingerprint density at radius 3 is 2.83 bits per heavy atom. The van der Waals surface area contributed by atoms with Gasteiger partial charge in [0.15, 0.2) is 0 Å². The molecule has 6 nitrogen and oxygen atoms in total. The van der Waals surface area contributed by atoms with Gasteiger partial charge in [-0.25, -0.2) is 0 Å². The van der Waals surface area contributed by atoms with Gasteiger partial charge in [-0.2, -0.15) is 9.97 Å². The molecule has 1 atom stereocenters. The lowest BCUT2D eigenvalue weighted by molar-refractivity contribution is 0.120. The molecule has 100 valence electrons. The molecular weight excluding hydrogens is 230 g/mol. The summed E-state index contributed by atoms with van der Waals surface area (Å²) < 4.78 is 5.55. The number of nitrogens with zero attached hydrogens (tertiary/aromatic N) is 2. The Balaban J connectivity index is 1.91. The van der Waals surface area contributed by atoms with Crippen LogP contribution >= 0.6 is 0 Å². The van der Waals surface area contributed by atoms with Crippen LogP contribution in [0, 0.1) is 0 Å². The number of nitrogen functional groups attached to an aromatic ring is 1. The summed E-state index contributed by atoms with van der Waals surface area (Å²) in [6.07, 6.45) is 3.58. The van der Waals surface area contributed by atoms with Crippen LogP contribution in [0.3, 0.4) is 0 Å². The molecule has 0 aliphatic carbocycles. The average molecular weight is 251 g/mol. The summed E-state index contributed by atoms with van der Waals surface area (Å²) in [4.78, 5) is 8.30. The zero-order valence-corrected chi connectivity index (χ0v) is 10.8. The van der Waals surface area contributed by atoms with Gasteiger partial charge in [0, 0.05) is 25.8 Å². The second-order valence-corrected chi connectivity index (χ2v) is 4.44. The number of hydrogen-bond acceptors (Lipinski definition) is 6. The highest BCUT2D eigenvalue weighted by Gasteiger charge is 2.15. The van der Waals surface area contributed by atoms with Crippen LogP contribution in [0.2, 0.25) is 0 Å². The fraction of sp³-hybridized carbons (Fsp3) is 0.667. The molecule has 1 aromatic rings. The molecule has 1 aliphatic heterocycles. The summed E-state index contributed by atoms with van der Waals surface area (Å²) in [5, 5.41) is 6.45. The molecule has 0 amide bonds. The highest BCUT2D eigenvalue weighted by molar-refractivity contribution is 5.51. The van der Waals surface area contributed by atoms with Gasteiger partial charge in [0.1, 0.15) is 11.6 Å². The van der Waals surface area contributed by atoms with Crippen LogP contribution in [-0.2, 0) is 4.74 Å². The molecule has 0 radical (unpaired) electrons. The number of rotatable bonds is 6. The smallest absolute Gasteiger partial charge is 0.223 e. The molecule has 1 aliphatic rings. The van der Waals surface area contributed by atoms with Gasteiger partial charge in [-0.15, -0.1) is 0 Å². The van der Waals surface area contributed by atoms with E-state index in [1.807, 2.05) is 6.07 Å². The molecule has 1 unspecified atom stereocenters. The third-order valence-corrected chi connectivity index (χ3v) is 2.83. The molecule has 0 aromatic carbocycles. The van der Waals surface area contributed by atoms with Crippen LogP contribution in [0.1, 0.15) is 26.2 Å². The van der Waals surface area contributed by atoms with Crippen LogP contribution in [0.25, 0.3) is 0 Å². The molecular formula is C12H21N5O. The molecule has 2 rings (SSSR count). The zero-order chi connectivity index (χ0) is 12.8. The van der Waals surface area contributed by atoms with Crippen LogP contribution in [0.5, 0.6) is 0 Å². The maximum absolute atomic E-state index is 5.68. The number of ether oxygens (including phenoxy) is 1. The molecule has 1 saturated heterocycles. The van der Waals surface area contributed by atoms with E-state index in [0.717, 1.165) is 50.6 Å². The van der Waals surface area contributed by atoms with E-state index in [4.69, 9.17) is 10.5 Å². The van der Waals surface area contributed by atoms with Crippen molar-refractivity contribution in [1.29, 1.82) is 0 Å². The van der Waals surface area contributed by atoms with E-state index in [-0.39, 0.29) is 12.1 Å². The highest BCUT2D eigenvalue weighted by atomic mass is 16.5. The topological polar surface area (TPSA) is 85.1 Å². The number of aromatic nitrogens is 2. The van der Waals surface area contributed by atoms with Crippen LogP contribution in [-0.4, -0.2) is 35.8 Å². The van der Waals surface area contributed by atoms with Crippen molar-refractivity contribution in [1.82, 2.24) is 9.97 Å². The van der Waals surface area contributed by atoms with Gasteiger partial charge < -0.3 is 21.1 Å². The summed E-state index contributed by atoms with van der Waals surface area (Å²) in [5.41, 5.74) is 5.68. The predicted molar refractivity (Wildman–Crippen MR) is 72.7 cm³/mol. The fourth-order valence-corrected chi connectivity index (χ4v) is 1.92. The van der Waals surface area contributed by atoms with E-state index in [1.54, 1.807) is 0 Å². The summed E-state index contributed by atoms with van der Waals surface area (Å²) in [6.45, 7) is 4.61. The predicted octanol–water partition coefficient (Wildman–Crippen LogP) is 1.47. The lowest BCUT2D eigenvalue weighted by atomic mass is 10.2. The average Bonchev–Trinajstić information content (AvgIpc) is 2.86. The summed E-state index contributed by atoms with van der Waals surface area (Å²) in [6, 6.07) is 1.88. The van der Waals surface area contributed by atoms with Crippen molar-refractivity contribution in [3.63, 3.8) is 0 Å². The van der Waals surface area contributed by atoms with Gasteiger partial charge in [0.05, 0.1) is 6.10 Å². The highest BCUT2D eigenvalue weighted by Crippen LogP contribution is 2.15. The van der Waals surface area contributed by atoms with E-state index in [1.165, 1.54) is 0 Å². The van der Waals surface area contributed by atoms with Crippen LogP contribution < -0.4 is 16.4 Å². The van der Waals surface area contributed by atoms with Crippen molar-refractivity contribution in [3.05, 3.63) is 6.07 Å². The maximum atomic E-state index is 5.68. The fourth-order valence-electron chi connectivity index (χ4n) is 1.92. The lowest BCUT2D eigenvalue weighted by Gasteiger charge is -2.12. The third kappa shape index (κ3) is 3.73. The molecule has 1 aromatic heterocycles. The summed E-state index contributed by atoms with van der Waals surface area (Å²) in [7, 11) is 0. The maximum Gasteiger partial charge on any atom is 0.223 e. The second-order valence-electron chi connectivity index (χ2n) is 4.44. The van der Waals surface area contributed by atoms with Crippen LogP contribution in [0.4, 0.5) is 17.6 Å². The Kier molecular flexibility index (Phi) is 4.58. The Morgan fingerprint density at radius 2 is 2.17 bits per heavy atom. The third-order valence-electron chi connectivity index (χ3n) is 2.83. The summed E-state index contributed by atoms with van der Waals surface area (Å²) >= 11 is 0. The quantitative estimate of drug-likeness (QED) is 0.710. The lowest BCUT2D eigenvalue weighted by Crippen LogP contribution is -2.19. The number of nitrogens with one attached hydrogen (secondary N) is 2. The molecule has 4 N–H and O–H groups in total. The first kappa shape index (κ1) is 12.9. The van der Waals surface area contributed by atoms with Gasteiger partial charge in [0.2, 0.25) is 5.95 Å². The molecule has 0 bridgehead atoms. The van der Waals surface area contributed by atoms with Crippen molar-refractivity contribution in [2.75, 3.05) is 36.1 Å². The minimum atomic E-state index is 0.283. The minimum Gasteiger partial charge on any atom is -0.376 e. The molecule has 0 saturated carbocycles.